The molecule has 0 spiro atoms. The molecule has 3 rings (SSSR count). The van der Waals surface area contributed by atoms with Gasteiger partial charge in [-0.15, -0.1) is 12.4 Å². The van der Waals surface area contributed by atoms with E-state index in [1.165, 1.54) is 5.56 Å². The molecule has 0 saturated carbocycles. The number of halogens is 1. The van der Waals surface area contributed by atoms with Crippen LogP contribution >= 0.6 is 12.4 Å². The molecule has 0 radical (unpaired) electrons. The molecule has 29 heavy (non-hydrogen) atoms. The van der Waals surface area contributed by atoms with Gasteiger partial charge in [0.25, 0.3) is 5.91 Å². The maximum absolute atomic E-state index is 12.6. The third-order valence-corrected chi connectivity index (χ3v) is 5.01. The van der Waals surface area contributed by atoms with Crippen LogP contribution in [0, 0.1) is 0 Å². The lowest BCUT2D eigenvalue weighted by atomic mass is 9.99. The van der Waals surface area contributed by atoms with Crippen molar-refractivity contribution in [1.29, 1.82) is 0 Å². The number of rotatable bonds is 6. The molecule has 156 valence electrons. The third-order valence-electron chi connectivity index (χ3n) is 5.01. The molecule has 2 aromatic rings. The van der Waals surface area contributed by atoms with Crippen molar-refractivity contribution in [2.24, 2.45) is 5.73 Å². The Morgan fingerprint density at radius 3 is 2.52 bits per heavy atom. The molecule has 1 unspecified atom stereocenters. The fraction of sp³-hybridized carbons (Fsp3) is 0.364. The Kier molecular flexibility index (Phi) is 8.05. The number of hydrogen-bond acceptors (Lipinski definition) is 3. The molecule has 1 heterocycles. The van der Waals surface area contributed by atoms with Gasteiger partial charge in [0.15, 0.2) is 0 Å². The minimum absolute atomic E-state index is 0. The summed E-state index contributed by atoms with van der Waals surface area (Å²) in [6, 6.07) is 14.9. The van der Waals surface area contributed by atoms with Crippen LogP contribution in [0.1, 0.15) is 53.7 Å². The Morgan fingerprint density at radius 2 is 1.86 bits per heavy atom. The van der Waals surface area contributed by atoms with E-state index in [9.17, 15) is 9.59 Å². The van der Waals surface area contributed by atoms with Gasteiger partial charge in [-0.05, 0) is 41.7 Å². The van der Waals surface area contributed by atoms with Gasteiger partial charge < -0.3 is 16.4 Å². The van der Waals surface area contributed by atoms with Crippen LogP contribution in [0.15, 0.2) is 48.5 Å². The van der Waals surface area contributed by atoms with Crippen molar-refractivity contribution in [2.75, 3.05) is 24.5 Å². The zero-order valence-electron chi connectivity index (χ0n) is 16.9. The summed E-state index contributed by atoms with van der Waals surface area (Å²) in [5, 5.41) is 5.71. The molecule has 0 aromatic heterocycles. The molecule has 1 fully saturated rings. The SMILES string of the molecule is CC(C)c1ccc(C(N)CNC(=O)c2cccc(N3CCCNC3=O)c2)cc1.Cl. The van der Waals surface area contributed by atoms with E-state index < -0.39 is 0 Å². The molecule has 0 bridgehead atoms. The molecule has 3 amide bonds. The van der Waals surface area contributed by atoms with Crippen LogP contribution in [0.3, 0.4) is 0 Å². The lowest BCUT2D eigenvalue weighted by Crippen LogP contribution is -2.46. The van der Waals surface area contributed by atoms with E-state index in [1.54, 1.807) is 23.1 Å². The number of urea groups is 1. The van der Waals surface area contributed by atoms with Gasteiger partial charge in [-0.25, -0.2) is 4.79 Å². The van der Waals surface area contributed by atoms with Gasteiger partial charge in [0.2, 0.25) is 0 Å². The summed E-state index contributed by atoms with van der Waals surface area (Å²) in [4.78, 5) is 26.2. The average Bonchev–Trinajstić information content (AvgIpc) is 2.72. The normalized spacial score (nSPS) is 14.8. The molecule has 2 aromatic carbocycles. The fourth-order valence-electron chi connectivity index (χ4n) is 3.24. The molecule has 1 aliphatic rings. The van der Waals surface area contributed by atoms with Crippen LogP contribution in [0.5, 0.6) is 0 Å². The second kappa shape index (κ2) is 10.3. The van der Waals surface area contributed by atoms with Crippen molar-refractivity contribution >= 4 is 30.0 Å². The van der Waals surface area contributed by atoms with Crippen LogP contribution in [-0.2, 0) is 0 Å². The highest BCUT2D eigenvalue weighted by atomic mass is 35.5. The number of carbonyl (C=O) groups excluding carboxylic acids is 2. The zero-order valence-corrected chi connectivity index (χ0v) is 17.7. The summed E-state index contributed by atoms with van der Waals surface area (Å²) in [5.41, 5.74) is 9.72. The first kappa shape index (κ1) is 22.7. The number of amides is 3. The highest BCUT2D eigenvalue weighted by Crippen LogP contribution is 2.19. The summed E-state index contributed by atoms with van der Waals surface area (Å²) in [5.74, 6) is 0.271. The van der Waals surface area contributed by atoms with Crippen molar-refractivity contribution in [1.82, 2.24) is 10.6 Å². The Balaban J connectivity index is 0.00000300. The van der Waals surface area contributed by atoms with Gasteiger partial charge in [-0.3, -0.25) is 9.69 Å². The number of nitrogens with zero attached hydrogens (tertiary/aromatic N) is 1. The number of nitrogens with two attached hydrogens (primary N) is 1. The topological polar surface area (TPSA) is 87.5 Å². The van der Waals surface area contributed by atoms with Gasteiger partial charge in [-0.2, -0.15) is 0 Å². The van der Waals surface area contributed by atoms with Crippen LogP contribution < -0.4 is 21.3 Å². The minimum atomic E-state index is -0.277. The molecule has 4 N–H and O–H groups in total. The van der Waals surface area contributed by atoms with E-state index in [0.717, 1.165) is 17.7 Å². The lowest BCUT2D eigenvalue weighted by Gasteiger charge is -2.27. The maximum Gasteiger partial charge on any atom is 0.321 e. The van der Waals surface area contributed by atoms with E-state index in [-0.39, 0.29) is 30.4 Å². The van der Waals surface area contributed by atoms with Gasteiger partial charge in [0.1, 0.15) is 0 Å². The highest BCUT2D eigenvalue weighted by molar-refractivity contribution is 5.97. The Bertz CT molecular complexity index is 839. The van der Waals surface area contributed by atoms with E-state index in [2.05, 4.69) is 36.6 Å². The Hall–Kier alpha value is -2.57. The highest BCUT2D eigenvalue weighted by Gasteiger charge is 2.20. The van der Waals surface area contributed by atoms with Crippen LogP contribution in [-0.4, -0.2) is 31.6 Å². The van der Waals surface area contributed by atoms with Gasteiger partial charge in [-0.1, -0.05) is 44.2 Å². The summed E-state index contributed by atoms with van der Waals surface area (Å²) >= 11 is 0. The predicted molar refractivity (Wildman–Crippen MR) is 119 cm³/mol. The average molecular weight is 417 g/mol. The minimum Gasteiger partial charge on any atom is -0.350 e. The first-order valence-electron chi connectivity index (χ1n) is 9.75. The van der Waals surface area contributed by atoms with E-state index >= 15 is 0 Å². The summed E-state index contributed by atoms with van der Waals surface area (Å²) < 4.78 is 0. The molecular weight excluding hydrogens is 388 g/mol. The van der Waals surface area contributed by atoms with Gasteiger partial charge in [0, 0.05) is 36.9 Å². The molecule has 0 aliphatic carbocycles. The first-order valence-corrected chi connectivity index (χ1v) is 9.75. The second-order valence-corrected chi connectivity index (χ2v) is 7.43. The number of benzene rings is 2. The number of nitrogens with one attached hydrogen (secondary N) is 2. The first-order chi connectivity index (χ1) is 13.5. The monoisotopic (exact) mass is 416 g/mol. The van der Waals surface area contributed by atoms with Crippen LogP contribution in [0.25, 0.3) is 0 Å². The van der Waals surface area contributed by atoms with E-state index in [4.69, 9.17) is 5.73 Å². The number of anilines is 1. The van der Waals surface area contributed by atoms with E-state index in [1.807, 2.05) is 18.2 Å². The van der Waals surface area contributed by atoms with Crippen molar-refractivity contribution in [3.05, 3.63) is 65.2 Å². The second-order valence-electron chi connectivity index (χ2n) is 7.43. The third kappa shape index (κ3) is 5.71. The number of hydrogen-bond donors (Lipinski definition) is 3. The standard InChI is InChI=1S/C22H28N4O2.ClH/c1-15(2)16-7-9-17(10-8-16)20(23)14-25-21(27)18-5-3-6-19(13-18)26-12-4-11-24-22(26)28;/h3,5-10,13,15,20H,4,11-12,14,23H2,1-2H3,(H,24,28)(H,25,27);1H. The van der Waals surface area contributed by atoms with Gasteiger partial charge in [0.05, 0.1) is 0 Å². The summed E-state index contributed by atoms with van der Waals surface area (Å²) in [6.45, 7) is 5.97. The zero-order chi connectivity index (χ0) is 20.1. The molecule has 1 saturated heterocycles. The molecule has 1 atom stereocenters. The van der Waals surface area contributed by atoms with Crippen molar-refractivity contribution in [2.45, 2.75) is 32.2 Å². The quantitative estimate of drug-likeness (QED) is 0.672. The number of carbonyl (C=O) groups is 2. The largest absolute Gasteiger partial charge is 0.350 e. The Labute approximate surface area is 178 Å². The molecule has 1 aliphatic heterocycles. The van der Waals surface area contributed by atoms with Crippen LogP contribution in [0.2, 0.25) is 0 Å². The maximum atomic E-state index is 12.6. The summed E-state index contributed by atoms with van der Waals surface area (Å²) in [6.07, 6.45) is 0.882. The van der Waals surface area contributed by atoms with Crippen molar-refractivity contribution < 1.29 is 9.59 Å². The Morgan fingerprint density at radius 1 is 1.17 bits per heavy atom. The lowest BCUT2D eigenvalue weighted by molar-refractivity contribution is 0.0951. The van der Waals surface area contributed by atoms with Crippen molar-refractivity contribution in [3.8, 4) is 0 Å². The smallest absolute Gasteiger partial charge is 0.321 e. The molecule has 6 nitrogen and oxygen atoms in total. The fourth-order valence-corrected chi connectivity index (χ4v) is 3.24. The summed E-state index contributed by atoms with van der Waals surface area (Å²) in [7, 11) is 0. The van der Waals surface area contributed by atoms with E-state index in [0.29, 0.717) is 31.1 Å². The predicted octanol–water partition coefficient (Wildman–Crippen LogP) is 3.58. The molecule has 7 heteroatoms. The molecular formula is C22H29ClN4O2. The van der Waals surface area contributed by atoms with Gasteiger partial charge >= 0.3 is 6.03 Å². The van der Waals surface area contributed by atoms with Crippen molar-refractivity contribution in [3.63, 3.8) is 0 Å². The van der Waals surface area contributed by atoms with Crippen LogP contribution in [0.4, 0.5) is 10.5 Å².